The van der Waals surface area contributed by atoms with E-state index in [2.05, 4.69) is 5.32 Å². The van der Waals surface area contributed by atoms with Crippen molar-refractivity contribution in [3.8, 4) is 0 Å². The van der Waals surface area contributed by atoms with Gasteiger partial charge >= 0.3 is 5.97 Å². The molecule has 2 unspecified atom stereocenters. The van der Waals surface area contributed by atoms with Crippen LogP contribution >= 0.6 is 0 Å². The summed E-state index contributed by atoms with van der Waals surface area (Å²) in [6.07, 6.45) is 7.32. The van der Waals surface area contributed by atoms with Gasteiger partial charge in [-0.15, -0.1) is 0 Å². The van der Waals surface area contributed by atoms with Crippen LogP contribution in [0.4, 0.5) is 0 Å². The Bertz CT molecular complexity index is 285. The Morgan fingerprint density at radius 3 is 2.33 bits per heavy atom. The van der Waals surface area contributed by atoms with Crippen LogP contribution in [0.3, 0.4) is 0 Å². The van der Waals surface area contributed by atoms with E-state index in [9.17, 15) is 9.59 Å². The van der Waals surface area contributed by atoms with E-state index in [1.165, 1.54) is 32.1 Å². The third-order valence-corrected chi connectivity index (χ3v) is 3.86. The largest absolute Gasteiger partial charge is 0.481 e. The number of carbonyl (C=O) groups excluding carboxylic acids is 1. The molecule has 1 amide bonds. The van der Waals surface area contributed by atoms with Gasteiger partial charge in [0.2, 0.25) is 5.91 Å². The zero-order valence-corrected chi connectivity index (χ0v) is 11.4. The van der Waals surface area contributed by atoms with Gasteiger partial charge < -0.3 is 10.4 Å². The van der Waals surface area contributed by atoms with Crippen LogP contribution in [0.1, 0.15) is 52.4 Å². The summed E-state index contributed by atoms with van der Waals surface area (Å²) in [5.74, 6) is -0.717. The van der Waals surface area contributed by atoms with Gasteiger partial charge in [0, 0.05) is 12.5 Å². The lowest BCUT2D eigenvalue weighted by molar-refractivity contribution is -0.141. The zero-order chi connectivity index (χ0) is 13.5. The molecule has 0 aromatic rings. The molecular weight excluding hydrogens is 230 g/mol. The smallest absolute Gasteiger partial charge is 0.308 e. The molecule has 0 aliphatic heterocycles. The predicted molar refractivity (Wildman–Crippen MR) is 70.2 cm³/mol. The third kappa shape index (κ3) is 5.07. The summed E-state index contributed by atoms with van der Waals surface area (Å²) in [5.41, 5.74) is 0. The summed E-state index contributed by atoms with van der Waals surface area (Å²) in [4.78, 5) is 22.5. The van der Waals surface area contributed by atoms with Crippen molar-refractivity contribution in [1.82, 2.24) is 5.32 Å². The van der Waals surface area contributed by atoms with Crippen molar-refractivity contribution in [2.24, 2.45) is 17.8 Å². The van der Waals surface area contributed by atoms with Gasteiger partial charge in [-0.3, -0.25) is 9.59 Å². The molecule has 0 saturated heterocycles. The topological polar surface area (TPSA) is 66.4 Å². The van der Waals surface area contributed by atoms with E-state index in [1.54, 1.807) is 6.92 Å². The highest BCUT2D eigenvalue weighted by Crippen LogP contribution is 2.28. The highest BCUT2D eigenvalue weighted by molar-refractivity contribution is 5.79. The predicted octanol–water partition coefficient (Wildman–Crippen LogP) is 2.43. The molecule has 4 nitrogen and oxygen atoms in total. The number of hydrogen-bond acceptors (Lipinski definition) is 2. The lowest BCUT2D eigenvalue weighted by Crippen LogP contribution is -2.35. The Kier molecular flexibility index (Phi) is 6.16. The van der Waals surface area contributed by atoms with E-state index in [0.717, 1.165) is 6.42 Å². The first kappa shape index (κ1) is 15.0. The normalized spacial score (nSPS) is 20.1. The van der Waals surface area contributed by atoms with Gasteiger partial charge in [0.25, 0.3) is 0 Å². The van der Waals surface area contributed by atoms with Crippen LogP contribution in [-0.2, 0) is 9.59 Å². The molecule has 18 heavy (non-hydrogen) atoms. The monoisotopic (exact) mass is 255 g/mol. The number of hydrogen-bond donors (Lipinski definition) is 2. The maximum Gasteiger partial charge on any atom is 0.308 e. The lowest BCUT2D eigenvalue weighted by atomic mass is 9.83. The first-order chi connectivity index (χ1) is 8.50. The first-order valence-electron chi connectivity index (χ1n) is 7.01. The standard InChI is InChI=1S/C14H25NO3/c1-10(8-12-6-4-3-5-7-12)13(16)15-9-11(2)14(17)18/h10-12H,3-9H2,1-2H3,(H,15,16)(H,17,18). The average molecular weight is 255 g/mol. The quantitative estimate of drug-likeness (QED) is 0.766. The Hall–Kier alpha value is -1.06. The maximum atomic E-state index is 11.8. The second-order valence-electron chi connectivity index (χ2n) is 5.63. The summed E-state index contributed by atoms with van der Waals surface area (Å²) in [6.45, 7) is 3.77. The zero-order valence-electron chi connectivity index (χ0n) is 11.4. The minimum atomic E-state index is -0.866. The van der Waals surface area contributed by atoms with Crippen molar-refractivity contribution in [3.63, 3.8) is 0 Å². The molecule has 1 aliphatic carbocycles. The van der Waals surface area contributed by atoms with Gasteiger partial charge in [0.1, 0.15) is 0 Å². The molecule has 4 heteroatoms. The van der Waals surface area contributed by atoms with E-state index in [-0.39, 0.29) is 18.4 Å². The first-order valence-corrected chi connectivity index (χ1v) is 7.01. The van der Waals surface area contributed by atoms with Crippen molar-refractivity contribution in [3.05, 3.63) is 0 Å². The Morgan fingerprint density at radius 2 is 1.78 bits per heavy atom. The molecule has 1 saturated carbocycles. The molecule has 0 aromatic carbocycles. The van der Waals surface area contributed by atoms with Crippen LogP contribution in [0, 0.1) is 17.8 Å². The fourth-order valence-corrected chi connectivity index (χ4v) is 2.55. The van der Waals surface area contributed by atoms with Gasteiger partial charge in [-0.05, 0) is 12.3 Å². The minimum Gasteiger partial charge on any atom is -0.481 e. The number of carbonyl (C=O) groups is 2. The number of rotatable bonds is 6. The highest BCUT2D eigenvalue weighted by Gasteiger charge is 2.21. The lowest BCUT2D eigenvalue weighted by Gasteiger charge is -2.24. The molecule has 2 atom stereocenters. The van der Waals surface area contributed by atoms with Crippen LogP contribution in [0.15, 0.2) is 0 Å². The van der Waals surface area contributed by atoms with Crippen LogP contribution in [0.2, 0.25) is 0 Å². The van der Waals surface area contributed by atoms with Crippen molar-refractivity contribution >= 4 is 11.9 Å². The molecule has 1 fully saturated rings. The summed E-state index contributed by atoms with van der Waals surface area (Å²) >= 11 is 0. The molecule has 1 aliphatic rings. The Balaban J connectivity index is 2.25. The maximum absolute atomic E-state index is 11.8. The average Bonchev–Trinajstić information content (AvgIpc) is 2.36. The van der Waals surface area contributed by atoms with Crippen molar-refractivity contribution < 1.29 is 14.7 Å². The van der Waals surface area contributed by atoms with E-state index in [1.807, 2.05) is 6.92 Å². The summed E-state index contributed by atoms with van der Waals surface area (Å²) in [6, 6.07) is 0. The molecule has 2 N–H and O–H groups in total. The van der Waals surface area contributed by atoms with E-state index < -0.39 is 11.9 Å². The molecule has 1 rings (SSSR count). The summed E-state index contributed by atoms with van der Waals surface area (Å²) in [7, 11) is 0. The molecule has 0 bridgehead atoms. The van der Waals surface area contributed by atoms with E-state index >= 15 is 0 Å². The minimum absolute atomic E-state index is 0.00547. The van der Waals surface area contributed by atoms with Gasteiger partial charge in [-0.2, -0.15) is 0 Å². The van der Waals surface area contributed by atoms with Crippen LogP contribution < -0.4 is 5.32 Å². The van der Waals surface area contributed by atoms with Crippen LogP contribution in [0.25, 0.3) is 0 Å². The molecule has 0 aromatic heterocycles. The molecule has 104 valence electrons. The summed E-state index contributed by atoms with van der Waals surface area (Å²) < 4.78 is 0. The highest BCUT2D eigenvalue weighted by atomic mass is 16.4. The van der Waals surface area contributed by atoms with E-state index in [0.29, 0.717) is 5.92 Å². The number of amides is 1. The number of aliphatic carboxylic acids is 1. The molecule has 0 heterocycles. The Labute approximate surface area is 109 Å². The number of carboxylic acid groups (broad SMARTS) is 1. The van der Waals surface area contributed by atoms with E-state index in [4.69, 9.17) is 5.11 Å². The van der Waals surface area contributed by atoms with Crippen molar-refractivity contribution in [2.75, 3.05) is 6.54 Å². The van der Waals surface area contributed by atoms with Crippen LogP contribution in [-0.4, -0.2) is 23.5 Å². The van der Waals surface area contributed by atoms with Gasteiger partial charge in [-0.25, -0.2) is 0 Å². The third-order valence-electron chi connectivity index (χ3n) is 3.86. The fraction of sp³-hybridized carbons (Fsp3) is 0.857. The SMILES string of the molecule is CC(CNC(=O)C(C)CC1CCCCC1)C(=O)O. The fourth-order valence-electron chi connectivity index (χ4n) is 2.55. The molecular formula is C14H25NO3. The molecule has 0 radical (unpaired) electrons. The second kappa shape index (κ2) is 7.39. The van der Waals surface area contributed by atoms with Crippen LogP contribution in [0.5, 0.6) is 0 Å². The van der Waals surface area contributed by atoms with Gasteiger partial charge in [0.15, 0.2) is 0 Å². The van der Waals surface area contributed by atoms with Crippen molar-refractivity contribution in [1.29, 1.82) is 0 Å². The summed E-state index contributed by atoms with van der Waals surface area (Å²) in [5, 5.41) is 11.5. The number of nitrogens with one attached hydrogen (secondary N) is 1. The molecule has 0 spiro atoms. The van der Waals surface area contributed by atoms with Gasteiger partial charge in [-0.1, -0.05) is 46.0 Å². The van der Waals surface area contributed by atoms with Crippen molar-refractivity contribution in [2.45, 2.75) is 52.4 Å². The van der Waals surface area contributed by atoms with Gasteiger partial charge in [0.05, 0.1) is 5.92 Å². The number of carboxylic acids is 1. The Morgan fingerprint density at radius 1 is 1.17 bits per heavy atom. The second-order valence-corrected chi connectivity index (χ2v) is 5.63.